The second-order valence-electron chi connectivity index (χ2n) is 3.03. The van der Waals surface area contributed by atoms with Crippen molar-refractivity contribution in [2.45, 2.75) is 36.6 Å². The Kier molecular flexibility index (Phi) is 5.34. The van der Waals surface area contributed by atoms with Gasteiger partial charge in [0.1, 0.15) is 6.33 Å². The van der Waals surface area contributed by atoms with E-state index in [4.69, 9.17) is 5.73 Å². The highest BCUT2D eigenvalue weighted by molar-refractivity contribution is 8.00. The third-order valence-corrected chi connectivity index (χ3v) is 3.50. The Balaban J connectivity index is 1.96. The van der Waals surface area contributed by atoms with E-state index in [1.165, 1.54) is 24.4 Å². The second-order valence-corrected chi connectivity index (χ2v) is 5.15. The molecule has 0 spiro atoms. The van der Waals surface area contributed by atoms with E-state index < -0.39 is 0 Å². The SMILES string of the molecule is CC(N)CCCCSc1ncns1. The summed E-state index contributed by atoms with van der Waals surface area (Å²) in [5.41, 5.74) is 5.64. The van der Waals surface area contributed by atoms with Crippen molar-refractivity contribution in [1.82, 2.24) is 9.36 Å². The van der Waals surface area contributed by atoms with E-state index in [0.717, 1.165) is 16.5 Å². The molecule has 0 radical (unpaired) electrons. The number of rotatable bonds is 6. The summed E-state index contributed by atoms with van der Waals surface area (Å²) in [6.07, 6.45) is 5.15. The van der Waals surface area contributed by atoms with Crippen LogP contribution in [0.15, 0.2) is 10.7 Å². The zero-order valence-corrected chi connectivity index (χ0v) is 9.40. The molecule has 5 heteroatoms. The maximum atomic E-state index is 5.64. The van der Waals surface area contributed by atoms with Crippen LogP contribution in [-0.4, -0.2) is 21.2 Å². The number of unbranched alkanes of at least 4 members (excludes halogenated alkanes) is 1. The predicted molar refractivity (Wildman–Crippen MR) is 58.1 cm³/mol. The van der Waals surface area contributed by atoms with Crippen LogP contribution in [0.4, 0.5) is 0 Å². The minimum Gasteiger partial charge on any atom is -0.328 e. The van der Waals surface area contributed by atoms with Crippen molar-refractivity contribution in [2.24, 2.45) is 5.73 Å². The maximum absolute atomic E-state index is 5.64. The van der Waals surface area contributed by atoms with E-state index >= 15 is 0 Å². The van der Waals surface area contributed by atoms with Crippen LogP contribution in [0, 0.1) is 0 Å². The lowest BCUT2D eigenvalue weighted by molar-refractivity contribution is 0.618. The summed E-state index contributed by atoms with van der Waals surface area (Å²) >= 11 is 3.25. The highest BCUT2D eigenvalue weighted by Crippen LogP contribution is 2.19. The lowest BCUT2D eigenvalue weighted by atomic mass is 10.2. The van der Waals surface area contributed by atoms with Crippen LogP contribution in [0.2, 0.25) is 0 Å². The van der Waals surface area contributed by atoms with Crippen LogP contribution < -0.4 is 5.73 Å². The number of aromatic nitrogens is 2. The number of hydrogen-bond acceptors (Lipinski definition) is 5. The van der Waals surface area contributed by atoms with Crippen molar-refractivity contribution in [3.63, 3.8) is 0 Å². The highest BCUT2D eigenvalue weighted by atomic mass is 32.2. The van der Waals surface area contributed by atoms with Crippen molar-refractivity contribution in [1.29, 1.82) is 0 Å². The van der Waals surface area contributed by atoms with E-state index in [9.17, 15) is 0 Å². The van der Waals surface area contributed by atoms with E-state index in [2.05, 4.69) is 16.3 Å². The fraction of sp³-hybridized carbons (Fsp3) is 0.750. The lowest BCUT2D eigenvalue weighted by Crippen LogP contribution is -2.13. The second kappa shape index (κ2) is 6.34. The van der Waals surface area contributed by atoms with Gasteiger partial charge in [0, 0.05) is 11.8 Å². The fourth-order valence-corrected chi connectivity index (χ4v) is 2.47. The van der Waals surface area contributed by atoms with Crippen molar-refractivity contribution in [3.8, 4) is 0 Å². The zero-order chi connectivity index (χ0) is 9.52. The summed E-state index contributed by atoms with van der Waals surface area (Å²) in [6.45, 7) is 2.05. The zero-order valence-electron chi connectivity index (χ0n) is 7.77. The van der Waals surface area contributed by atoms with Crippen LogP contribution in [0.5, 0.6) is 0 Å². The van der Waals surface area contributed by atoms with Gasteiger partial charge in [0.15, 0.2) is 4.34 Å². The van der Waals surface area contributed by atoms with Gasteiger partial charge in [0.25, 0.3) is 0 Å². The van der Waals surface area contributed by atoms with Gasteiger partial charge >= 0.3 is 0 Å². The van der Waals surface area contributed by atoms with Crippen molar-refractivity contribution in [2.75, 3.05) is 5.75 Å². The first kappa shape index (κ1) is 10.9. The van der Waals surface area contributed by atoms with Gasteiger partial charge in [-0.05, 0) is 31.3 Å². The molecule has 0 bridgehead atoms. The van der Waals surface area contributed by atoms with Gasteiger partial charge in [-0.2, -0.15) is 4.37 Å². The minimum absolute atomic E-state index is 0.339. The maximum Gasteiger partial charge on any atom is 0.169 e. The molecule has 74 valence electrons. The summed E-state index contributed by atoms with van der Waals surface area (Å²) in [5, 5.41) is 0. The Morgan fingerprint density at radius 1 is 1.62 bits per heavy atom. The van der Waals surface area contributed by atoms with Gasteiger partial charge in [-0.3, -0.25) is 0 Å². The van der Waals surface area contributed by atoms with E-state index in [0.29, 0.717) is 6.04 Å². The Morgan fingerprint density at radius 2 is 2.46 bits per heavy atom. The van der Waals surface area contributed by atoms with Crippen LogP contribution in [-0.2, 0) is 0 Å². The Bertz CT molecular complexity index is 211. The third-order valence-electron chi connectivity index (χ3n) is 1.62. The molecular weight excluding hydrogens is 202 g/mol. The average molecular weight is 217 g/mol. The first-order chi connectivity index (χ1) is 6.29. The summed E-state index contributed by atoms with van der Waals surface area (Å²) in [4.78, 5) is 4.09. The summed E-state index contributed by atoms with van der Waals surface area (Å²) in [5.74, 6) is 1.13. The third kappa shape index (κ3) is 5.23. The Labute approximate surface area is 87.3 Å². The average Bonchev–Trinajstić information content (AvgIpc) is 2.55. The molecule has 1 aromatic rings. The van der Waals surface area contributed by atoms with Crippen molar-refractivity contribution < 1.29 is 0 Å². The van der Waals surface area contributed by atoms with Crippen LogP contribution in [0.3, 0.4) is 0 Å². The van der Waals surface area contributed by atoms with E-state index in [1.54, 1.807) is 18.1 Å². The monoisotopic (exact) mass is 217 g/mol. The van der Waals surface area contributed by atoms with Crippen LogP contribution >= 0.6 is 23.3 Å². The molecule has 0 amide bonds. The van der Waals surface area contributed by atoms with E-state index in [1.807, 2.05) is 0 Å². The van der Waals surface area contributed by atoms with Crippen molar-refractivity contribution in [3.05, 3.63) is 6.33 Å². The molecule has 0 saturated carbocycles. The van der Waals surface area contributed by atoms with Gasteiger partial charge in [-0.15, -0.1) is 0 Å². The molecule has 1 heterocycles. The standard InChI is InChI=1S/C8H15N3S2/c1-7(9)4-2-3-5-12-8-10-6-11-13-8/h6-7H,2-5,9H2,1H3. The van der Waals surface area contributed by atoms with Crippen LogP contribution in [0.25, 0.3) is 0 Å². The molecule has 1 rings (SSSR count). The molecule has 1 atom stereocenters. The fourth-order valence-electron chi connectivity index (χ4n) is 0.954. The molecule has 0 aliphatic heterocycles. The molecule has 0 aromatic carbocycles. The predicted octanol–water partition coefficient (Wildman–Crippen LogP) is 2.15. The summed E-state index contributed by atoms with van der Waals surface area (Å²) in [7, 11) is 0. The Morgan fingerprint density at radius 3 is 3.08 bits per heavy atom. The number of thioether (sulfide) groups is 1. The molecule has 1 aromatic heterocycles. The van der Waals surface area contributed by atoms with Gasteiger partial charge in [0.05, 0.1) is 0 Å². The van der Waals surface area contributed by atoms with Gasteiger partial charge in [0.2, 0.25) is 0 Å². The van der Waals surface area contributed by atoms with Crippen LogP contribution in [0.1, 0.15) is 26.2 Å². The molecular formula is C8H15N3S2. The molecule has 2 N–H and O–H groups in total. The van der Waals surface area contributed by atoms with Gasteiger partial charge in [-0.1, -0.05) is 18.2 Å². The van der Waals surface area contributed by atoms with Gasteiger partial charge < -0.3 is 5.73 Å². The number of nitrogens with two attached hydrogens (primary N) is 1. The molecule has 0 fully saturated rings. The van der Waals surface area contributed by atoms with E-state index in [-0.39, 0.29) is 0 Å². The molecule has 1 unspecified atom stereocenters. The van der Waals surface area contributed by atoms with Gasteiger partial charge in [-0.25, -0.2) is 4.98 Å². The molecule has 0 saturated heterocycles. The highest BCUT2D eigenvalue weighted by Gasteiger charge is 1.98. The number of hydrogen-bond donors (Lipinski definition) is 1. The first-order valence-corrected chi connectivity index (χ1v) is 6.20. The smallest absolute Gasteiger partial charge is 0.169 e. The minimum atomic E-state index is 0.339. The summed E-state index contributed by atoms with van der Waals surface area (Å²) < 4.78 is 5.01. The quantitative estimate of drug-likeness (QED) is 0.586. The molecule has 0 aliphatic carbocycles. The summed E-state index contributed by atoms with van der Waals surface area (Å²) in [6, 6.07) is 0.339. The number of nitrogens with zero attached hydrogens (tertiary/aromatic N) is 2. The largest absolute Gasteiger partial charge is 0.328 e. The normalized spacial score (nSPS) is 13.1. The first-order valence-electron chi connectivity index (χ1n) is 4.44. The molecule has 0 aliphatic rings. The lowest BCUT2D eigenvalue weighted by Gasteiger charge is -2.02. The molecule has 13 heavy (non-hydrogen) atoms. The Hall–Kier alpha value is -0.130. The van der Waals surface area contributed by atoms with Crippen molar-refractivity contribution >= 4 is 23.3 Å². The molecule has 3 nitrogen and oxygen atoms in total. The topological polar surface area (TPSA) is 51.8 Å².